The summed E-state index contributed by atoms with van der Waals surface area (Å²) in [6.07, 6.45) is 3.17. The van der Waals surface area contributed by atoms with Gasteiger partial charge >= 0.3 is 0 Å². The summed E-state index contributed by atoms with van der Waals surface area (Å²) < 4.78 is 0. The van der Waals surface area contributed by atoms with Crippen LogP contribution in [0.1, 0.15) is 48.5 Å². The van der Waals surface area contributed by atoms with Crippen LogP contribution < -0.4 is 5.56 Å². The first-order valence-corrected chi connectivity index (χ1v) is 9.17. The van der Waals surface area contributed by atoms with Crippen molar-refractivity contribution in [2.45, 2.75) is 46.1 Å². The van der Waals surface area contributed by atoms with E-state index in [1.165, 1.54) is 6.42 Å². The van der Waals surface area contributed by atoms with Crippen molar-refractivity contribution in [1.29, 1.82) is 0 Å². The molecule has 3 rings (SSSR count). The van der Waals surface area contributed by atoms with E-state index < -0.39 is 0 Å². The number of aromatic nitrogens is 2. The lowest BCUT2D eigenvalue weighted by atomic mass is 9.94. The van der Waals surface area contributed by atoms with Gasteiger partial charge in [-0.1, -0.05) is 0 Å². The molecule has 126 valence electrons. The molecule has 23 heavy (non-hydrogen) atoms. The third-order valence-corrected chi connectivity index (χ3v) is 6.19. The molecule has 2 aromatic heterocycles. The fourth-order valence-corrected chi connectivity index (χ4v) is 4.55. The Kier molecular flexibility index (Phi) is 4.85. The molecule has 2 aromatic rings. The number of aliphatic hydroxyl groups is 1. The van der Waals surface area contributed by atoms with Crippen molar-refractivity contribution in [3.05, 3.63) is 26.6 Å². The van der Waals surface area contributed by atoms with Gasteiger partial charge in [-0.05, 0) is 58.1 Å². The minimum Gasteiger partial charge on any atom is -0.396 e. The second-order valence-corrected chi connectivity index (χ2v) is 7.81. The third kappa shape index (κ3) is 3.20. The summed E-state index contributed by atoms with van der Waals surface area (Å²) in [5.41, 5.74) is 1.02. The number of rotatable bonds is 4. The summed E-state index contributed by atoms with van der Waals surface area (Å²) in [6.45, 7) is 8.37. The number of hydrogen-bond acceptors (Lipinski definition) is 5. The van der Waals surface area contributed by atoms with Crippen LogP contribution in [0, 0.1) is 19.8 Å². The van der Waals surface area contributed by atoms with Crippen molar-refractivity contribution in [2.24, 2.45) is 5.92 Å². The van der Waals surface area contributed by atoms with E-state index in [-0.39, 0.29) is 18.2 Å². The van der Waals surface area contributed by atoms with E-state index in [1.54, 1.807) is 11.3 Å². The summed E-state index contributed by atoms with van der Waals surface area (Å²) in [5.74, 6) is 1.30. The molecule has 0 saturated carbocycles. The fourth-order valence-electron chi connectivity index (χ4n) is 3.51. The van der Waals surface area contributed by atoms with Crippen LogP contribution in [0.2, 0.25) is 0 Å². The monoisotopic (exact) mass is 335 g/mol. The van der Waals surface area contributed by atoms with Crippen LogP contribution in [-0.2, 0) is 0 Å². The van der Waals surface area contributed by atoms with Crippen LogP contribution >= 0.6 is 11.3 Å². The number of nitrogens with zero attached hydrogens (tertiary/aromatic N) is 2. The van der Waals surface area contributed by atoms with E-state index in [4.69, 9.17) is 10.1 Å². The molecule has 6 heteroatoms. The quantitative estimate of drug-likeness (QED) is 0.901. The van der Waals surface area contributed by atoms with Gasteiger partial charge in [-0.3, -0.25) is 9.69 Å². The number of H-pyrrole nitrogens is 1. The highest BCUT2D eigenvalue weighted by Crippen LogP contribution is 2.29. The summed E-state index contributed by atoms with van der Waals surface area (Å²) in [7, 11) is 0. The average Bonchev–Trinajstić information content (AvgIpc) is 2.82. The Labute approximate surface area is 140 Å². The number of fused-ring (bicyclic) bond motifs is 1. The first-order valence-electron chi connectivity index (χ1n) is 8.36. The number of piperidine rings is 1. The maximum atomic E-state index is 12.4. The van der Waals surface area contributed by atoms with Gasteiger partial charge in [0.1, 0.15) is 10.7 Å². The molecular weight excluding hydrogens is 310 g/mol. The molecule has 1 aliphatic rings. The Bertz CT molecular complexity index is 750. The van der Waals surface area contributed by atoms with Gasteiger partial charge in [0.15, 0.2) is 0 Å². The van der Waals surface area contributed by atoms with Crippen LogP contribution in [0.15, 0.2) is 4.79 Å². The maximum Gasteiger partial charge on any atom is 0.259 e. The lowest BCUT2D eigenvalue weighted by molar-refractivity contribution is 0.111. The summed E-state index contributed by atoms with van der Waals surface area (Å²) in [4.78, 5) is 24.6. The normalized spacial score (nSPS) is 21.0. The Morgan fingerprint density at radius 2 is 2.26 bits per heavy atom. The van der Waals surface area contributed by atoms with E-state index in [2.05, 4.69) is 16.8 Å². The molecule has 0 bridgehead atoms. The number of likely N-dealkylation sites (tertiary alicyclic amines) is 1. The summed E-state index contributed by atoms with van der Waals surface area (Å²) in [6, 6.07) is 0.0938. The summed E-state index contributed by atoms with van der Waals surface area (Å²) >= 11 is 1.60. The van der Waals surface area contributed by atoms with Crippen LogP contribution in [0.25, 0.3) is 10.2 Å². The number of thiophene rings is 1. The van der Waals surface area contributed by atoms with E-state index in [9.17, 15) is 4.79 Å². The van der Waals surface area contributed by atoms with E-state index >= 15 is 0 Å². The van der Waals surface area contributed by atoms with Crippen molar-refractivity contribution < 1.29 is 5.11 Å². The molecule has 0 radical (unpaired) electrons. The molecule has 0 spiro atoms. The van der Waals surface area contributed by atoms with E-state index in [1.807, 2.05) is 13.8 Å². The average molecular weight is 335 g/mol. The number of aryl methyl sites for hydroxylation is 2. The van der Waals surface area contributed by atoms with Crippen molar-refractivity contribution in [1.82, 2.24) is 14.9 Å². The van der Waals surface area contributed by atoms with Gasteiger partial charge in [-0.15, -0.1) is 11.3 Å². The molecule has 0 unspecified atom stereocenters. The van der Waals surface area contributed by atoms with Gasteiger partial charge in [-0.2, -0.15) is 0 Å². The van der Waals surface area contributed by atoms with Gasteiger partial charge < -0.3 is 10.1 Å². The number of nitrogens with one attached hydrogen (secondary N) is 1. The van der Waals surface area contributed by atoms with Crippen molar-refractivity contribution >= 4 is 21.6 Å². The van der Waals surface area contributed by atoms with E-state index in [0.717, 1.165) is 52.4 Å². The Morgan fingerprint density at radius 3 is 3.00 bits per heavy atom. The molecular formula is C17H25N3O2S. The lowest BCUT2D eigenvalue weighted by Gasteiger charge is -2.36. The molecule has 5 nitrogen and oxygen atoms in total. The Morgan fingerprint density at radius 1 is 1.48 bits per heavy atom. The van der Waals surface area contributed by atoms with Crippen molar-refractivity contribution in [3.63, 3.8) is 0 Å². The molecule has 2 atom stereocenters. The van der Waals surface area contributed by atoms with Crippen molar-refractivity contribution in [2.75, 3.05) is 19.7 Å². The first-order chi connectivity index (χ1) is 11.0. The molecule has 1 saturated heterocycles. The molecule has 1 aliphatic heterocycles. The van der Waals surface area contributed by atoms with Gasteiger partial charge in [0.25, 0.3) is 5.56 Å². The fraction of sp³-hybridized carbons (Fsp3) is 0.647. The zero-order chi connectivity index (χ0) is 16.6. The Hall–Kier alpha value is -1.24. The molecule has 2 N–H and O–H groups in total. The molecule has 0 aliphatic carbocycles. The zero-order valence-electron chi connectivity index (χ0n) is 14.1. The molecule has 3 heterocycles. The highest BCUT2D eigenvalue weighted by Gasteiger charge is 2.26. The topological polar surface area (TPSA) is 69.2 Å². The van der Waals surface area contributed by atoms with Crippen LogP contribution in [-0.4, -0.2) is 39.7 Å². The maximum absolute atomic E-state index is 12.4. The molecule has 1 fully saturated rings. The summed E-state index contributed by atoms with van der Waals surface area (Å²) in [5, 5.41) is 9.90. The minimum atomic E-state index is -0.0254. The lowest BCUT2D eigenvalue weighted by Crippen LogP contribution is -2.38. The van der Waals surface area contributed by atoms with Gasteiger partial charge in [0.05, 0.1) is 11.4 Å². The van der Waals surface area contributed by atoms with Crippen molar-refractivity contribution in [3.8, 4) is 0 Å². The molecule has 0 aromatic carbocycles. The Balaban J connectivity index is 1.89. The smallest absolute Gasteiger partial charge is 0.259 e. The molecule has 0 amide bonds. The van der Waals surface area contributed by atoms with Gasteiger partial charge in [-0.25, -0.2) is 4.98 Å². The highest BCUT2D eigenvalue weighted by molar-refractivity contribution is 7.18. The zero-order valence-corrected chi connectivity index (χ0v) is 14.9. The standard InChI is InChI=1S/C17H25N3O2S/c1-10-12(3)23-17-14(10)16(22)18-15(19-17)11(2)20-7-4-5-13(9-20)6-8-21/h11,13,21H,4-9H2,1-3H3,(H,18,19,22)/t11-,13-/m0/s1. The van der Waals surface area contributed by atoms with Crippen LogP contribution in [0.4, 0.5) is 0 Å². The number of aromatic amines is 1. The van der Waals surface area contributed by atoms with Crippen LogP contribution in [0.5, 0.6) is 0 Å². The second kappa shape index (κ2) is 6.71. The van der Waals surface area contributed by atoms with Gasteiger partial charge in [0, 0.05) is 18.0 Å². The second-order valence-electron chi connectivity index (χ2n) is 6.61. The van der Waals surface area contributed by atoms with E-state index in [0.29, 0.717) is 5.92 Å². The number of aliphatic hydroxyl groups excluding tert-OH is 1. The largest absolute Gasteiger partial charge is 0.396 e. The van der Waals surface area contributed by atoms with Crippen LogP contribution in [0.3, 0.4) is 0 Å². The van der Waals surface area contributed by atoms with Gasteiger partial charge in [0.2, 0.25) is 0 Å². The predicted molar refractivity (Wildman–Crippen MR) is 94.1 cm³/mol. The number of hydrogen-bond donors (Lipinski definition) is 2. The predicted octanol–water partition coefficient (Wildman–Crippen LogP) is 2.76. The third-order valence-electron chi connectivity index (χ3n) is 5.09. The SMILES string of the molecule is Cc1sc2nc([C@H](C)N3CCC[C@@H](CCO)C3)[nH]c(=O)c2c1C. The first kappa shape index (κ1) is 16.6. The highest BCUT2D eigenvalue weighted by atomic mass is 32.1. The minimum absolute atomic E-state index is 0.0254.